The minimum absolute atomic E-state index is 0.0788. The molecule has 1 aliphatic heterocycles. The van der Waals surface area contributed by atoms with Gasteiger partial charge in [0, 0.05) is 12.1 Å². The van der Waals surface area contributed by atoms with Crippen LogP contribution in [0.4, 0.5) is 0 Å². The Balaban J connectivity index is 1.79. The molecule has 3 heteroatoms. The van der Waals surface area contributed by atoms with Crippen LogP contribution in [0.5, 0.6) is 5.75 Å². The van der Waals surface area contributed by atoms with E-state index in [0.29, 0.717) is 12.5 Å². The first-order valence-corrected chi connectivity index (χ1v) is 7.06. The Morgan fingerprint density at radius 1 is 1.32 bits per heavy atom. The molecule has 1 saturated heterocycles. The molecule has 1 heterocycles. The third kappa shape index (κ3) is 4.22. The van der Waals surface area contributed by atoms with Gasteiger partial charge in [-0.25, -0.2) is 0 Å². The Bertz CT molecular complexity index is 388. The molecule has 2 rings (SSSR count). The van der Waals surface area contributed by atoms with Gasteiger partial charge in [0.15, 0.2) is 0 Å². The molecule has 0 radical (unpaired) electrons. The largest absolute Gasteiger partial charge is 0.491 e. The Morgan fingerprint density at radius 2 is 2.00 bits per heavy atom. The van der Waals surface area contributed by atoms with Gasteiger partial charge in [0.2, 0.25) is 0 Å². The van der Waals surface area contributed by atoms with Crippen LogP contribution in [0.25, 0.3) is 0 Å². The fraction of sp³-hybridized carbons (Fsp3) is 0.625. The summed E-state index contributed by atoms with van der Waals surface area (Å²) in [5.41, 5.74) is 1.42. The van der Waals surface area contributed by atoms with E-state index in [-0.39, 0.29) is 11.6 Å². The molecule has 1 N–H and O–H groups in total. The van der Waals surface area contributed by atoms with Gasteiger partial charge in [-0.15, -0.1) is 0 Å². The highest BCUT2D eigenvalue weighted by molar-refractivity contribution is 5.28. The smallest absolute Gasteiger partial charge is 0.119 e. The zero-order valence-electron chi connectivity index (χ0n) is 12.4. The van der Waals surface area contributed by atoms with E-state index in [9.17, 15) is 0 Å². The van der Waals surface area contributed by atoms with E-state index in [1.807, 2.05) is 12.1 Å². The molecule has 0 saturated carbocycles. The summed E-state index contributed by atoms with van der Waals surface area (Å²) in [4.78, 5) is 0. The van der Waals surface area contributed by atoms with E-state index in [1.54, 1.807) is 0 Å². The van der Waals surface area contributed by atoms with Gasteiger partial charge in [0.05, 0.1) is 6.61 Å². The highest BCUT2D eigenvalue weighted by atomic mass is 16.5. The first-order chi connectivity index (χ1) is 8.96. The van der Waals surface area contributed by atoms with Crippen molar-refractivity contribution in [2.24, 2.45) is 0 Å². The van der Waals surface area contributed by atoms with E-state index in [2.05, 4.69) is 45.1 Å². The second kappa shape index (κ2) is 5.93. The fourth-order valence-electron chi connectivity index (χ4n) is 2.07. The van der Waals surface area contributed by atoms with Crippen LogP contribution >= 0.6 is 0 Å². The van der Waals surface area contributed by atoms with Crippen molar-refractivity contribution in [3.63, 3.8) is 0 Å². The maximum atomic E-state index is 5.79. The summed E-state index contributed by atoms with van der Waals surface area (Å²) in [7, 11) is 0. The van der Waals surface area contributed by atoms with Crippen LogP contribution in [-0.2, 0) is 4.74 Å². The molecule has 0 aromatic heterocycles. The minimum Gasteiger partial charge on any atom is -0.491 e. The first kappa shape index (κ1) is 14.4. The average molecular weight is 263 g/mol. The molecule has 1 aromatic carbocycles. The molecule has 0 bridgehead atoms. The first-order valence-electron chi connectivity index (χ1n) is 7.06. The summed E-state index contributed by atoms with van der Waals surface area (Å²) < 4.78 is 11.6. The lowest BCUT2D eigenvalue weighted by atomic mass is 10.0. The summed E-state index contributed by atoms with van der Waals surface area (Å²) in [6.45, 7) is 10.9. The van der Waals surface area contributed by atoms with Crippen LogP contribution in [0.2, 0.25) is 0 Å². The van der Waals surface area contributed by atoms with Crippen LogP contribution in [0, 0.1) is 0 Å². The molecule has 1 aromatic rings. The zero-order valence-corrected chi connectivity index (χ0v) is 12.4. The molecular weight excluding hydrogens is 238 g/mol. The molecule has 19 heavy (non-hydrogen) atoms. The van der Waals surface area contributed by atoms with Gasteiger partial charge < -0.3 is 14.8 Å². The molecule has 0 spiro atoms. The monoisotopic (exact) mass is 263 g/mol. The van der Waals surface area contributed by atoms with Gasteiger partial charge in [0.1, 0.15) is 18.5 Å². The SMILES string of the molecule is CC(C)c1ccc(OCC2CNC(C)(C)CO2)cc1. The number of hydrogen-bond acceptors (Lipinski definition) is 3. The van der Waals surface area contributed by atoms with Crippen LogP contribution < -0.4 is 10.1 Å². The lowest BCUT2D eigenvalue weighted by Crippen LogP contribution is -2.54. The predicted molar refractivity (Wildman–Crippen MR) is 77.8 cm³/mol. The molecule has 1 atom stereocenters. The van der Waals surface area contributed by atoms with E-state index < -0.39 is 0 Å². The van der Waals surface area contributed by atoms with Crippen LogP contribution in [0.15, 0.2) is 24.3 Å². The molecule has 1 aliphatic rings. The van der Waals surface area contributed by atoms with Crippen LogP contribution in [0.3, 0.4) is 0 Å². The Labute approximate surface area is 116 Å². The van der Waals surface area contributed by atoms with Crippen molar-refractivity contribution in [3.8, 4) is 5.75 Å². The van der Waals surface area contributed by atoms with Gasteiger partial charge >= 0.3 is 0 Å². The number of nitrogens with one attached hydrogen (secondary N) is 1. The van der Waals surface area contributed by atoms with E-state index in [4.69, 9.17) is 9.47 Å². The average Bonchev–Trinajstić information content (AvgIpc) is 2.38. The maximum absolute atomic E-state index is 5.79. The fourth-order valence-corrected chi connectivity index (χ4v) is 2.07. The van der Waals surface area contributed by atoms with Crippen molar-refractivity contribution in [3.05, 3.63) is 29.8 Å². The number of benzene rings is 1. The zero-order chi connectivity index (χ0) is 13.9. The lowest BCUT2D eigenvalue weighted by molar-refractivity contribution is -0.0412. The molecule has 3 nitrogen and oxygen atoms in total. The second-order valence-corrected chi connectivity index (χ2v) is 6.23. The Morgan fingerprint density at radius 3 is 2.53 bits per heavy atom. The minimum atomic E-state index is 0.0788. The number of rotatable bonds is 4. The van der Waals surface area contributed by atoms with E-state index in [0.717, 1.165) is 18.9 Å². The maximum Gasteiger partial charge on any atom is 0.119 e. The third-order valence-corrected chi connectivity index (χ3v) is 3.47. The number of hydrogen-bond donors (Lipinski definition) is 1. The third-order valence-electron chi connectivity index (χ3n) is 3.47. The highest BCUT2D eigenvalue weighted by Crippen LogP contribution is 2.19. The predicted octanol–water partition coefficient (Wildman–Crippen LogP) is 2.96. The highest BCUT2D eigenvalue weighted by Gasteiger charge is 2.26. The Kier molecular flexibility index (Phi) is 4.48. The van der Waals surface area contributed by atoms with Gasteiger partial charge in [-0.1, -0.05) is 26.0 Å². The topological polar surface area (TPSA) is 30.5 Å². The van der Waals surface area contributed by atoms with Crippen molar-refractivity contribution in [1.82, 2.24) is 5.32 Å². The van der Waals surface area contributed by atoms with Gasteiger partial charge in [0.25, 0.3) is 0 Å². The number of morpholine rings is 1. The van der Waals surface area contributed by atoms with E-state index in [1.165, 1.54) is 5.56 Å². The van der Waals surface area contributed by atoms with Crippen LogP contribution in [0.1, 0.15) is 39.2 Å². The summed E-state index contributed by atoms with van der Waals surface area (Å²) >= 11 is 0. The Hall–Kier alpha value is -1.06. The number of ether oxygens (including phenoxy) is 2. The molecule has 106 valence electrons. The molecule has 1 fully saturated rings. The van der Waals surface area contributed by atoms with Crippen molar-refractivity contribution in [2.75, 3.05) is 19.8 Å². The summed E-state index contributed by atoms with van der Waals surface area (Å²) in [6.07, 6.45) is 0.137. The van der Waals surface area contributed by atoms with Gasteiger partial charge in [-0.05, 0) is 37.5 Å². The quantitative estimate of drug-likeness (QED) is 0.906. The van der Waals surface area contributed by atoms with Crippen molar-refractivity contribution in [1.29, 1.82) is 0 Å². The summed E-state index contributed by atoms with van der Waals surface area (Å²) in [6, 6.07) is 8.33. The van der Waals surface area contributed by atoms with Gasteiger partial charge in [-0.2, -0.15) is 0 Å². The molecule has 1 unspecified atom stereocenters. The summed E-state index contributed by atoms with van der Waals surface area (Å²) in [5.74, 6) is 1.47. The molecular formula is C16H25NO2. The molecule has 0 aliphatic carbocycles. The normalized spacial score (nSPS) is 22.5. The summed E-state index contributed by atoms with van der Waals surface area (Å²) in [5, 5.41) is 3.46. The van der Waals surface area contributed by atoms with Gasteiger partial charge in [-0.3, -0.25) is 0 Å². The van der Waals surface area contributed by atoms with Crippen LogP contribution in [-0.4, -0.2) is 31.4 Å². The van der Waals surface area contributed by atoms with Crippen molar-refractivity contribution < 1.29 is 9.47 Å². The second-order valence-electron chi connectivity index (χ2n) is 6.23. The lowest BCUT2D eigenvalue weighted by Gasteiger charge is -2.35. The van der Waals surface area contributed by atoms with Crippen molar-refractivity contribution in [2.45, 2.75) is 45.3 Å². The van der Waals surface area contributed by atoms with E-state index >= 15 is 0 Å². The standard InChI is InChI=1S/C16H25NO2/c1-12(2)13-5-7-14(8-6-13)18-10-15-9-17-16(3,4)11-19-15/h5-8,12,15,17H,9-11H2,1-4H3. The molecule has 0 amide bonds. The van der Waals surface area contributed by atoms with Crippen molar-refractivity contribution >= 4 is 0 Å².